The Morgan fingerprint density at radius 1 is 1.62 bits per heavy atom. The topological polar surface area (TPSA) is 122 Å². The summed E-state index contributed by atoms with van der Waals surface area (Å²) < 4.78 is 0. The van der Waals surface area contributed by atoms with Crippen molar-refractivity contribution in [1.82, 2.24) is 30.7 Å². The number of carbonyl (C=O) groups is 1. The maximum Gasteiger partial charge on any atom is 0.282 e. The van der Waals surface area contributed by atoms with Gasteiger partial charge in [-0.25, -0.2) is 4.98 Å². The Morgan fingerprint density at radius 3 is 3.00 bits per heavy atom. The monoisotopic (exact) mass is 239 g/mol. The molecule has 9 heteroatoms. The van der Waals surface area contributed by atoms with E-state index in [1.807, 2.05) is 0 Å². The van der Waals surface area contributed by atoms with E-state index in [-0.39, 0.29) is 22.1 Å². The summed E-state index contributed by atoms with van der Waals surface area (Å²) in [5, 5.41) is 16.7. The molecule has 0 radical (unpaired) electrons. The van der Waals surface area contributed by atoms with Crippen LogP contribution in [0.15, 0.2) is 6.33 Å². The first-order valence-corrected chi connectivity index (χ1v) is 5.23. The summed E-state index contributed by atoms with van der Waals surface area (Å²) >= 11 is 1.03. The molecule has 1 unspecified atom stereocenters. The molecule has 2 heterocycles. The van der Waals surface area contributed by atoms with Crippen molar-refractivity contribution in [3.05, 3.63) is 17.2 Å². The first-order valence-electron chi connectivity index (χ1n) is 4.42. The van der Waals surface area contributed by atoms with E-state index in [0.29, 0.717) is 5.82 Å². The predicted molar refractivity (Wildman–Crippen MR) is 56.6 cm³/mol. The van der Waals surface area contributed by atoms with Crippen LogP contribution in [0.4, 0.5) is 5.13 Å². The highest BCUT2D eigenvalue weighted by Crippen LogP contribution is 2.12. The molecule has 0 aliphatic carbocycles. The Hall–Kier alpha value is -2.03. The minimum absolute atomic E-state index is 0.226. The summed E-state index contributed by atoms with van der Waals surface area (Å²) in [5.74, 6) is 0.240. The zero-order valence-electron chi connectivity index (χ0n) is 8.34. The van der Waals surface area contributed by atoms with E-state index < -0.39 is 0 Å². The van der Waals surface area contributed by atoms with Gasteiger partial charge >= 0.3 is 0 Å². The van der Waals surface area contributed by atoms with Crippen LogP contribution in [0, 0.1) is 0 Å². The van der Waals surface area contributed by atoms with Gasteiger partial charge in [-0.1, -0.05) is 11.3 Å². The minimum Gasteiger partial charge on any atom is -0.374 e. The Balaban J connectivity index is 2.03. The van der Waals surface area contributed by atoms with E-state index in [1.54, 1.807) is 6.92 Å². The van der Waals surface area contributed by atoms with E-state index in [4.69, 9.17) is 5.73 Å². The van der Waals surface area contributed by atoms with Crippen molar-refractivity contribution in [3.8, 4) is 0 Å². The number of aromatic amines is 1. The van der Waals surface area contributed by atoms with Crippen LogP contribution in [-0.4, -0.2) is 31.3 Å². The third kappa shape index (κ3) is 2.14. The van der Waals surface area contributed by atoms with Gasteiger partial charge in [0.1, 0.15) is 12.2 Å². The van der Waals surface area contributed by atoms with Crippen LogP contribution < -0.4 is 11.1 Å². The van der Waals surface area contributed by atoms with Gasteiger partial charge in [0, 0.05) is 0 Å². The second-order valence-electron chi connectivity index (χ2n) is 3.01. The Labute approximate surface area is 94.3 Å². The Bertz CT molecular complexity index is 479. The van der Waals surface area contributed by atoms with Gasteiger partial charge in [-0.15, -0.1) is 10.2 Å². The SMILES string of the molecule is CC(NC(=O)c1nnc(N)s1)c1ncn[nH]1. The molecule has 4 N–H and O–H groups in total. The van der Waals surface area contributed by atoms with Crippen molar-refractivity contribution < 1.29 is 4.79 Å². The summed E-state index contributed by atoms with van der Waals surface area (Å²) in [6.07, 6.45) is 1.38. The van der Waals surface area contributed by atoms with Crippen LogP contribution >= 0.6 is 11.3 Å². The van der Waals surface area contributed by atoms with Gasteiger partial charge in [0.15, 0.2) is 0 Å². The van der Waals surface area contributed by atoms with E-state index >= 15 is 0 Å². The molecule has 2 rings (SSSR count). The number of anilines is 1. The standard InChI is InChI=1S/C7H9N7OS/c1-3(4-9-2-10-12-4)11-5(15)6-13-14-7(8)16-6/h2-3H,1H3,(H2,8,14)(H,11,15)(H,9,10,12). The molecule has 0 spiro atoms. The van der Waals surface area contributed by atoms with E-state index in [2.05, 4.69) is 30.7 Å². The number of nitrogens with one attached hydrogen (secondary N) is 2. The van der Waals surface area contributed by atoms with Crippen molar-refractivity contribution in [2.75, 3.05) is 5.73 Å². The first kappa shape index (κ1) is 10.5. The van der Waals surface area contributed by atoms with Crippen molar-refractivity contribution in [1.29, 1.82) is 0 Å². The minimum atomic E-state index is -0.335. The molecule has 2 aromatic heterocycles. The number of amides is 1. The highest BCUT2D eigenvalue weighted by Gasteiger charge is 2.16. The number of hydrogen-bond acceptors (Lipinski definition) is 7. The summed E-state index contributed by atoms with van der Waals surface area (Å²) in [7, 11) is 0. The number of nitrogen functional groups attached to an aromatic ring is 1. The molecule has 2 aromatic rings. The molecule has 84 valence electrons. The predicted octanol–water partition coefficient (Wildman–Crippen LogP) is -0.271. The highest BCUT2D eigenvalue weighted by molar-refractivity contribution is 7.16. The summed E-state index contributed by atoms with van der Waals surface area (Å²) in [4.78, 5) is 15.6. The number of nitrogens with zero attached hydrogens (tertiary/aromatic N) is 4. The third-order valence-electron chi connectivity index (χ3n) is 1.83. The quantitative estimate of drug-likeness (QED) is 0.677. The van der Waals surface area contributed by atoms with Gasteiger partial charge < -0.3 is 11.1 Å². The number of carbonyl (C=O) groups excluding carboxylic acids is 1. The van der Waals surface area contributed by atoms with Gasteiger partial charge in [0.05, 0.1) is 6.04 Å². The van der Waals surface area contributed by atoms with Crippen molar-refractivity contribution >= 4 is 22.4 Å². The average molecular weight is 239 g/mol. The van der Waals surface area contributed by atoms with Crippen LogP contribution in [0.1, 0.15) is 28.6 Å². The number of H-pyrrole nitrogens is 1. The number of aromatic nitrogens is 5. The van der Waals surface area contributed by atoms with Crippen LogP contribution in [0.3, 0.4) is 0 Å². The van der Waals surface area contributed by atoms with Crippen molar-refractivity contribution in [3.63, 3.8) is 0 Å². The van der Waals surface area contributed by atoms with Gasteiger partial charge in [-0.05, 0) is 6.92 Å². The largest absolute Gasteiger partial charge is 0.374 e. The van der Waals surface area contributed by atoms with Gasteiger partial charge in [-0.2, -0.15) is 5.10 Å². The molecule has 0 aliphatic heterocycles. The third-order valence-corrected chi connectivity index (χ3v) is 2.58. The molecule has 0 saturated heterocycles. The normalized spacial score (nSPS) is 12.3. The number of hydrogen-bond donors (Lipinski definition) is 3. The molecule has 1 atom stereocenters. The lowest BCUT2D eigenvalue weighted by Gasteiger charge is -2.08. The zero-order chi connectivity index (χ0) is 11.5. The number of nitrogens with two attached hydrogens (primary N) is 1. The van der Waals surface area contributed by atoms with Crippen LogP contribution in [0.2, 0.25) is 0 Å². The maximum absolute atomic E-state index is 11.6. The number of rotatable bonds is 3. The fourth-order valence-corrected chi connectivity index (χ4v) is 1.59. The second-order valence-corrected chi connectivity index (χ2v) is 4.02. The fraction of sp³-hybridized carbons (Fsp3) is 0.286. The smallest absolute Gasteiger partial charge is 0.282 e. The summed E-state index contributed by atoms with van der Waals surface area (Å²) in [6.45, 7) is 1.78. The first-order chi connectivity index (χ1) is 7.66. The molecule has 1 amide bonds. The van der Waals surface area contributed by atoms with E-state index in [9.17, 15) is 4.79 Å². The van der Waals surface area contributed by atoms with Crippen molar-refractivity contribution in [2.24, 2.45) is 0 Å². The lowest BCUT2D eigenvalue weighted by atomic mass is 10.3. The van der Waals surface area contributed by atoms with Crippen LogP contribution in [-0.2, 0) is 0 Å². The van der Waals surface area contributed by atoms with Gasteiger partial charge in [-0.3, -0.25) is 9.89 Å². The highest BCUT2D eigenvalue weighted by atomic mass is 32.1. The molecule has 0 aliphatic rings. The summed E-state index contributed by atoms with van der Waals surface area (Å²) in [6, 6.07) is -0.278. The lowest BCUT2D eigenvalue weighted by molar-refractivity contribution is 0.0937. The molecular formula is C7H9N7OS. The summed E-state index contributed by atoms with van der Waals surface area (Å²) in [5.41, 5.74) is 5.38. The van der Waals surface area contributed by atoms with E-state index in [0.717, 1.165) is 11.3 Å². The molecule has 0 bridgehead atoms. The Kier molecular flexibility index (Phi) is 2.77. The van der Waals surface area contributed by atoms with Crippen LogP contribution in [0.25, 0.3) is 0 Å². The lowest BCUT2D eigenvalue weighted by Crippen LogP contribution is -2.27. The average Bonchev–Trinajstić information content (AvgIpc) is 2.87. The fourth-order valence-electron chi connectivity index (χ4n) is 1.08. The van der Waals surface area contributed by atoms with Gasteiger partial charge in [0.2, 0.25) is 10.1 Å². The van der Waals surface area contributed by atoms with E-state index in [1.165, 1.54) is 6.33 Å². The maximum atomic E-state index is 11.6. The molecular weight excluding hydrogens is 230 g/mol. The van der Waals surface area contributed by atoms with Gasteiger partial charge in [0.25, 0.3) is 5.91 Å². The molecule has 0 fully saturated rings. The molecule has 0 saturated carbocycles. The van der Waals surface area contributed by atoms with Crippen molar-refractivity contribution in [2.45, 2.75) is 13.0 Å². The van der Waals surface area contributed by atoms with Crippen LogP contribution in [0.5, 0.6) is 0 Å². The Morgan fingerprint density at radius 2 is 2.44 bits per heavy atom. The second kappa shape index (κ2) is 4.23. The molecule has 16 heavy (non-hydrogen) atoms. The zero-order valence-corrected chi connectivity index (χ0v) is 9.15. The molecule has 8 nitrogen and oxygen atoms in total. The molecule has 0 aromatic carbocycles.